The van der Waals surface area contributed by atoms with Crippen LogP contribution in [-0.2, 0) is 44.0 Å². The van der Waals surface area contributed by atoms with E-state index in [-0.39, 0.29) is 38.2 Å². The van der Waals surface area contributed by atoms with Crippen molar-refractivity contribution in [2.75, 3.05) is 7.11 Å². The Morgan fingerprint density at radius 1 is 1.03 bits per heavy atom. The number of carbonyl (C=O) groups is 1. The summed E-state index contributed by atoms with van der Waals surface area (Å²) in [5.74, 6) is -1.69. The van der Waals surface area contributed by atoms with E-state index < -0.39 is 78.8 Å². The molecule has 10 unspecified atom stereocenters. The standard InChI is InChI=1S/C19H33N3O12S3/c1-9(23)20-14-8-12(36(25,26)27)5-10-6-15(32-33-34-35)18(19(24)17(10)14)22-21-13-4-3-11(31-2)7-16(13)37(28,29)30/h10-19,24,35H,3-8H2,1-2H3,(H,20,23)(H,25,26,27)(H,28,29,30). The molecule has 1 amide bonds. The van der Waals surface area contributed by atoms with Crippen LogP contribution in [0.15, 0.2) is 10.2 Å². The number of azo groups is 1. The van der Waals surface area contributed by atoms with Crippen LogP contribution in [0, 0.1) is 11.8 Å². The second kappa shape index (κ2) is 12.5. The summed E-state index contributed by atoms with van der Waals surface area (Å²) in [6, 6.07) is -2.87. The van der Waals surface area contributed by atoms with Crippen molar-refractivity contribution in [1.82, 2.24) is 5.32 Å². The van der Waals surface area contributed by atoms with Gasteiger partial charge in [-0.2, -0.15) is 32.0 Å². The lowest BCUT2D eigenvalue weighted by atomic mass is 9.64. The van der Waals surface area contributed by atoms with E-state index in [2.05, 4.69) is 37.8 Å². The van der Waals surface area contributed by atoms with E-state index in [9.17, 15) is 35.8 Å². The van der Waals surface area contributed by atoms with Crippen LogP contribution in [0.3, 0.4) is 0 Å². The quantitative estimate of drug-likeness (QED) is 0.0609. The predicted molar refractivity (Wildman–Crippen MR) is 128 cm³/mol. The van der Waals surface area contributed by atoms with Gasteiger partial charge < -0.3 is 15.2 Å². The highest BCUT2D eigenvalue weighted by Gasteiger charge is 2.54. The number of fused-ring (bicyclic) bond motifs is 1. The highest BCUT2D eigenvalue weighted by atomic mass is 32.2. The Balaban J connectivity index is 1.91. The Labute approximate surface area is 220 Å². The fraction of sp³-hybridized carbons (Fsp3) is 0.947. The van der Waals surface area contributed by atoms with Gasteiger partial charge in [0, 0.05) is 38.9 Å². The molecule has 3 saturated carbocycles. The van der Waals surface area contributed by atoms with Gasteiger partial charge in [-0.25, -0.2) is 0 Å². The largest absolute Gasteiger partial charge is 0.390 e. The number of rotatable bonds is 9. The smallest absolute Gasteiger partial charge is 0.270 e. The molecule has 214 valence electrons. The Morgan fingerprint density at radius 3 is 2.30 bits per heavy atom. The molecule has 0 saturated heterocycles. The van der Waals surface area contributed by atoms with E-state index in [1.807, 2.05) is 0 Å². The van der Waals surface area contributed by atoms with Gasteiger partial charge in [-0.1, -0.05) is 5.04 Å². The average molecular weight is 592 g/mol. The number of methoxy groups -OCH3 is 1. The zero-order valence-electron chi connectivity index (χ0n) is 20.2. The first-order valence-corrected chi connectivity index (χ1v) is 15.1. The minimum Gasteiger partial charge on any atom is -0.390 e. The molecule has 3 rings (SSSR count). The number of thiol groups is 1. The summed E-state index contributed by atoms with van der Waals surface area (Å²) < 4.78 is 76.6. The first-order valence-electron chi connectivity index (χ1n) is 11.7. The van der Waals surface area contributed by atoms with Crippen molar-refractivity contribution in [2.45, 2.75) is 92.4 Å². The van der Waals surface area contributed by atoms with Crippen molar-refractivity contribution >= 4 is 39.1 Å². The zero-order valence-corrected chi connectivity index (χ0v) is 22.7. The monoisotopic (exact) mass is 591 g/mol. The highest BCUT2D eigenvalue weighted by Crippen LogP contribution is 2.45. The third kappa shape index (κ3) is 7.58. The number of amides is 1. The Bertz CT molecular complexity index is 1040. The van der Waals surface area contributed by atoms with Crippen LogP contribution < -0.4 is 5.32 Å². The SMILES string of the molecule is COC1CCC(N=NC2C(OOOS)CC3CC(S(=O)(=O)O)CC(NC(C)=O)C3C2O)C(S(=O)(=O)O)C1. The maximum atomic E-state index is 12.0. The molecule has 0 radical (unpaired) electrons. The summed E-state index contributed by atoms with van der Waals surface area (Å²) in [5.41, 5.74) is 0. The molecule has 0 aromatic carbocycles. The van der Waals surface area contributed by atoms with Gasteiger partial charge in [0.15, 0.2) is 0 Å². The number of aliphatic hydroxyl groups excluding tert-OH is 1. The molecule has 0 spiro atoms. The molecule has 15 nitrogen and oxygen atoms in total. The van der Waals surface area contributed by atoms with E-state index in [1.54, 1.807) is 0 Å². The molecule has 4 N–H and O–H groups in total. The molecule has 3 aliphatic carbocycles. The van der Waals surface area contributed by atoms with Gasteiger partial charge in [-0.05, 0) is 44.4 Å². The summed E-state index contributed by atoms with van der Waals surface area (Å²) >= 11 is 3.44. The second-order valence-corrected chi connectivity index (χ2v) is 13.3. The van der Waals surface area contributed by atoms with E-state index in [0.29, 0.717) is 6.42 Å². The van der Waals surface area contributed by atoms with Gasteiger partial charge in [-0.3, -0.25) is 13.9 Å². The first-order chi connectivity index (χ1) is 17.3. The molecule has 0 aromatic heterocycles. The minimum absolute atomic E-state index is 0.00903. The van der Waals surface area contributed by atoms with Crippen molar-refractivity contribution in [2.24, 2.45) is 22.1 Å². The van der Waals surface area contributed by atoms with E-state index >= 15 is 0 Å². The van der Waals surface area contributed by atoms with Crippen molar-refractivity contribution in [3.63, 3.8) is 0 Å². The summed E-state index contributed by atoms with van der Waals surface area (Å²) in [5, 5.41) is 24.4. The second-order valence-electron chi connectivity index (χ2n) is 9.77. The molecule has 0 bridgehead atoms. The van der Waals surface area contributed by atoms with Gasteiger partial charge in [-0.15, -0.1) is 4.33 Å². The fourth-order valence-electron chi connectivity index (χ4n) is 5.89. The zero-order chi connectivity index (χ0) is 27.5. The summed E-state index contributed by atoms with van der Waals surface area (Å²) in [6.45, 7) is 1.24. The molecule has 37 heavy (non-hydrogen) atoms. The van der Waals surface area contributed by atoms with Crippen molar-refractivity contribution in [3.05, 3.63) is 0 Å². The molecule has 10 atom stereocenters. The van der Waals surface area contributed by atoms with E-state index in [0.717, 1.165) is 0 Å². The maximum Gasteiger partial charge on any atom is 0.270 e. The van der Waals surface area contributed by atoms with Crippen LogP contribution in [0.5, 0.6) is 0 Å². The molecule has 0 heterocycles. The van der Waals surface area contributed by atoms with E-state index in [4.69, 9.17) is 9.62 Å². The van der Waals surface area contributed by atoms with Crippen LogP contribution in [0.1, 0.15) is 45.4 Å². The van der Waals surface area contributed by atoms with E-state index in [1.165, 1.54) is 14.0 Å². The lowest BCUT2D eigenvalue weighted by Crippen LogP contribution is -2.61. The Hall–Kier alpha value is -0.960. The number of hydrogen-bond donors (Lipinski definition) is 5. The normalized spacial score (nSPS) is 39.3. The third-order valence-corrected chi connectivity index (χ3v) is 10.1. The molecular weight excluding hydrogens is 558 g/mol. The third-order valence-electron chi connectivity index (χ3n) is 7.53. The minimum atomic E-state index is -4.48. The van der Waals surface area contributed by atoms with Gasteiger partial charge in [0.2, 0.25) is 5.91 Å². The maximum absolute atomic E-state index is 12.0. The first kappa shape index (κ1) is 30.6. The van der Waals surface area contributed by atoms with Crippen LogP contribution >= 0.6 is 12.9 Å². The number of nitrogens with zero attached hydrogens (tertiary/aromatic N) is 2. The fourth-order valence-corrected chi connectivity index (χ4v) is 7.91. The molecule has 3 fully saturated rings. The van der Waals surface area contributed by atoms with Gasteiger partial charge >= 0.3 is 0 Å². The van der Waals surface area contributed by atoms with Gasteiger partial charge in [0.1, 0.15) is 17.4 Å². The Kier molecular flexibility index (Phi) is 10.3. The summed E-state index contributed by atoms with van der Waals surface area (Å²) in [7, 11) is -7.48. The summed E-state index contributed by atoms with van der Waals surface area (Å²) in [4.78, 5) is 17.0. The lowest BCUT2D eigenvalue weighted by molar-refractivity contribution is -0.482. The van der Waals surface area contributed by atoms with Gasteiger partial charge in [0.05, 0.1) is 23.5 Å². The van der Waals surface area contributed by atoms with Crippen LogP contribution in [-0.4, -0.2) is 91.0 Å². The molecule has 0 aromatic rings. The number of ether oxygens (including phenoxy) is 1. The molecule has 3 aliphatic rings. The average Bonchev–Trinajstić information content (AvgIpc) is 2.80. The molecule has 0 aliphatic heterocycles. The highest BCUT2D eigenvalue weighted by molar-refractivity contribution is 7.86. The van der Waals surface area contributed by atoms with Crippen molar-refractivity contribution in [1.29, 1.82) is 0 Å². The number of hydrogen-bond acceptors (Lipinski definition) is 13. The van der Waals surface area contributed by atoms with Gasteiger partial charge in [0.25, 0.3) is 20.2 Å². The number of aliphatic hydroxyl groups is 1. The van der Waals surface area contributed by atoms with Crippen LogP contribution in [0.2, 0.25) is 0 Å². The van der Waals surface area contributed by atoms with Crippen LogP contribution in [0.25, 0.3) is 0 Å². The van der Waals surface area contributed by atoms with Crippen LogP contribution in [0.4, 0.5) is 0 Å². The topological polar surface area (TPSA) is 220 Å². The summed E-state index contributed by atoms with van der Waals surface area (Å²) in [6.07, 6.45) is -2.11. The van der Waals surface area contributed by atoms with Crippen molar-refractivity contribution in [3.8, 4) is 0 Å². The predicted octanol–water partition coefficient (Wildman–Crippen LogP) is 0.276. The molecular formula is C19H33N3O12S3. The van der Waals surface area contributed by atoms with Crippen molar-refractivity contribution < 1.29 is 54.8 Å². The lowest BCUT2D eigenvalue weighted by Gasteiger charge is -2.49. The molecule has 18 heteroatoms. The number of carbonyl (C=O) groups excluding carboxylic acids is 1. The Morgan fingerprint density at radius 2 is 1.73 bits per heavy atom. The number of nitrogens with one attached hydrogen (secondary N) is 1.